The van der Waals surface area contributed by atoms with Crippen LogP contribution in [0.1, 0.15) is 52.3 Å². The Kier molecular flexibility index (Phi) is 6.08. The molecular formula is C12H24N4. The molecule has 1 N–H and O–H groups in total. The summed E-state index contributed by atoms with van der Waals surface area (Å²) >= 11 is 0. The van der Waals surface area contributed by atoms with Crippen molar-refractivity contribution in [2.75, 3.05) is 0 Å². The maximum atomic E-state index is 4.11. The van der Waals surface area contributed by atoms with Crippen LogP contribution in [-0.2, 0) is 13.1 Å². The van der Waals surface area contributed by atoms with E-state index in [1.54, 1.807) is 6.33 Å². The molecule has 16 heavy (non-hydrogen) atoms. The Morgan fingerprint density at radius 2 is 2.19 bits per heavy atom. The van der Waals surface area contributed by atoms with Crippen LogP contribution in [-0.4, -0.2) is 20.8 Å². The minimum Gasteiger partial charge on any atom is -0.317 e. The molecule has 1 aromatic rings. The third-order valence-corrected chi connectivity index (χ3v) is 2.89. The standard InChI is InChI=1S/C12H24N4/c1-4-6-7-8-11(3)13-9-12-15-14-10-16(12)5-2/h10-11,13H,4-9H2,1-3H3. The van der Waals surface area contributed by atoms with Gasteiger partial charge in [-0.1, -0.05) is 26.2 Å². The Balaban J connectivity index is 2.23. The molecular weight excluding hydrogens is 200 g/mol. The monoisotopic (exact) mass is 224 g/mol. The first kappa shape index (κ1) is 13.2. The van der Waals surface area contributed by atoms with E-state index in [1.807, 2.05) is 0 Å². The molecule has 1 aromatic heterocycles. The van der Waals surface area contributed by atoms with Crippen LogP contribution in [0.15, 0.2) is 6.33 Å². The lowest BCUT2D eigenvalue weighted by molar-refractivity contribution is 0.472. The van der Waals surface area contributed by atoms with Crippen LogP contribution in [0.4, 0.5) is 0 Å². The highest BCUT2D eigenvalue weighted by Crippen LogP contribution is 2.03. The van der Waals surface area contributed by atoms with Crippen LogP contribution in [0.25, 0.3) is 0 Å². The summed E-state index contributed by atoms with van der Waals surface area (Å²) in [5.74, 6) is 1.03. The van der Waals surface area contributed by atoms with Crippen LogP contribution in [0.3, 0.4) is 0 Å². The van der Waals surface area contributed by atoms with Crippen LogP contribution < -0.4 is 5.32 Å². The number of aryl methyl sites for hydroxylation is 1. The van der Waals surface area contributed by atoms with Gasteiger partial charge in [0.1, 0.15) is 12.2 Å². The molecule has 1 unspecified atom stereocenters. The van der Waals surface area contributed by atoms with Gasteiger partial charge in [-0.15, -0.1) is 10.2 Å². The highest BCUT2D eigenvalue weighted by Gasteiger charge is 2.05. The molecule has 0 aliphatic heterocycles. The Morgan fingerprint density at radius 3 is 2.88 bits per heavy atom. The largest absolute Gasteiger partial charge is 0.317 e. The van der Waals surface area contributed by atoms with Gasteiger partial charge in [0.05, 0.1) is 6.54 Å². The zero-order chi connectivity index (χ0) is 11.8. The molecule has 0 saturated carbocycles. The van der Waals surface area contributed by atoms with Gasteiger partial charge >= 0.3 is 0 Å². The lowest BCUT2D eigenvalue weighted by atomic mass is 10.1. The second-order valence-electron chi connectivity index (χ2n) is 4.31. The number of aromatic nitrogens is 3. The molecule has 0 saturated heterocycles. The van der Waals surface area contributed by atoms with Crippen LogP contribution >= 0.6 is 0 Å². The van der Waals surface area contributed by atoms with Gasteiger partial charge in [-0.2, -0.15) is 0 Å². The highest BCUT2D eigenvalue weighted by atomic mass is 15.3. The number of hydrogen-bond donors (Lipinski definition) is 1. The molecule has 1 atom stereocenters. The van der Waals surface area contributed by atoms with Gasteiger partial charge in [0, 0.05) is 12.6 Å². The molecule has 0 amide bonds. The minimum atomic E-state index is 0.563. The Morgan fingerprint density at radius 1 is 1.38 bits per heavy atom. The fourth-order valence-electron chi connectivity index (χ4n) is 1.75. The van der Waals surface area contributed by atoms with Gasteiger partial charge in [0.15, 0.2) is 0 Å². The van der Waals surface area contributed by atoms with Gasteiger partial charge in [-0.05, 0) is 20.3 Å². The molecule has 4 nitrogen and oxygen atoms in total. The van der Waals surface area contributed by atoms with Crippen LogP contribution in [0, 0.1) is 0 Å². The molecule has 92 valence electrons. The molecule has 0 aliphatic rings. The molecule has 0 radical (unpaired) electrons. The summed E-state index contributed by atoms with van der Waals surface area (Å²) < 4.78 is 2.08. The third kappa shape index (κ3) is 4.31. The van der Waals surface area contributed by atoms with Crippen LogP contribution in [0.5, 0.6) is 0 Å². The first-order valence-electron chi connectivity index (χ1n) is 6.38. The molecule has 0 aromatic carbocycles. The molecule has 1 rings (SSSR count). The topological polar surface area (TPSA) is 42.7 Å². The zero-order valence-corrected chi connectivity index (χ0v) is 10.7. The molecule has 1 heterocycles. The van der Waals surface area contributed by atoms with E-state index in [0.717, 1.165) is 18.9 Å². The molecule has 0 bridgehead atoms. The van der Waals surface area contributed by atoms with E-state index in [-0.39, 0.29) is 0 Å². The SMILES string of the molecule is CCCCCC(C)NCc1nncn1CC. The molecule has 0 fully saturated rings. The first-order valence-corrected chi connectivity index (χ1v) is 6.38. The van der Waals surface area contributed by atoms with E-state index in [9.17, 15) is 0 Å². The smallest absolute Gasteiger partial charge is 0.146 e. The van der Waals surface area contributed by atoms with E-state index in [2.05, 4.69) is 40.9 Å². The quantitative estimate of drug-likeness (QED) is 0.689. The zero-order valence-electron chi connectivity index (χ0n) is 10.7. The number of unbranched alkanes of at least 4 members (excludes halogenated alkanes) is 2. The van der Waals surface area contributed by atoms with Gasteiger partial charge in [0.25, 0.3) is 0 Å². The van der Waals surface area contributed by atoms with Crippen molar-refractivity contribution in [3.63, 3.8) is 0 Å². The van der Waals surface area contributed by atoms with Crippen molar-refractivity contribution in [1.82, 2.24) is 20.1 Å². The van der Waals surface area contributed by atoms with Crippen molar-refractivity contribution < 1.29 is 0 Å². The average Bonchev–Trinajstić information content (AvgIpc) is 2.74. The van der Waals surface area contributed by atoms with Crippen molar-refractivity contribution in [2.24, 2.45) is 0 Å². The number of nitrogens with one attached hydrogen (secondary N) is 1. The van der Waals surface area contributed by atoms with Crippen molar-refractivity contribution >= 4 is 0 Å². The Labute approximate surface area is 98.5 Å². The predicted octanol–water partition coefficient (Wildman–Crippen LogP) is 2.36. The van der Waals surface area contributed by atoms with Gasteiger partial charge in [-0.25, -0.2) is 0 Å². The molecule has 0 spiro atoms. The fraction of sp³-hybridized carbons (Fsp3) is 0.833. The lowest BCUT2D eigenvalue weighted by Gasteiger charge is -2.13. The van der Waals surface area contributed by atoms with Crippen molar-refractivity contribution in [2.45, 2.75) is 65.6 Å². The van der Waals surface area contributed by atoms with Crippen LogP contribution in [0.2, 0.25) is 0 Å². The Bertz CT molecular complexity index is 282. The van der Waals surface area contributed by atoms with Crippen molar-refractivity contribution in [3.8, 4) is 0 Å². The summed E-state index contributed by atoms with van der Waals surface area (Å²) in [4.78, 5) is 0. The van der Waals surface area contributed by atoms with E-state index in [4.69, 9.17) is 0 Å². The number of hydrogen-bond acceptors (Lipinski definition) is 3. The average molecular weight is 224 g/mol. The maximum absolute atomic E-state index is 4.11. The van der Waals surface area contributed by atoms with E-state index in [1.165, 1.54) is 25.7 Å². The maximum Gasteiger partial charge on any atom is 0.146 e. The normalized spacial score (nSPS) is 12.9. The predicted molar refractivity (Wildman–Crippen MR) is 66.1 cm³/mol. The second kappa shape index (κ2) is 7.39. The Hall–Kier alpha value is -0.900. The number of rotatable bonds is 8. The first-order chi connectivity index (χ1) is 7.77. The molecule has 4 heteroatoms. The van der Waals surface area contributed by atoms with E-state index in [0.29, 0.717) is 6.04 Å². The fourth-order valence-corrected chi connectivity index (χ4v) is 1.75. The summed E-state index contributed by atoms with van der Waals surface area (Å²) in [6.07, 6.45) is 6.96. The summed E-state index contributed by atoms with van der Waals surface area (Å²) in [6, 6.07) is 0.563. The summed E-state index contributed by atoms with van der Waals surface area (Å²) in [6.45, 7) is 8.34. The summed E-state index contributed by atoms with van der Waals surface area (Å²) in [5, 5.41) is 11.5. The third-order valence-electron chi connectivity index (χ3n) is 2.89. The van der Waals surface area contributed by atoms with Gasteiger partial charge in [-0.3, -0.25) is 0 Å². The highest BCUT2D eigenvalue weighted by molar-refractivity contribution is 4.85. The number of nitrogens with zero attached hydrogens (tertiary/aromatic N) is 3. The second-order valence-corrected chi connectivity index (χ2v) is 4.31. The lowest BCUT2D eigenvalue weighted by Crippen LogP contribution is -2.26. The van der Waals surface area contributed by atoms with E-state index >= 15 is 0 Å². The molecule has 0 aliphatic carbocycles. The van der Waals surface area contributed by atoms with Gasteiger partial charge < -0.3 is 9.88 Å². The van der Waals surface area contributed by atoms with Crippen molar-refractivity contribution in [3.05, 3.63) is 12.2 Å². The summed E-state index contributed by atoms with van der Waals surface area (Å²) in [7, 11) is 0. The summed E-state index contributed by atoms with van der Waals surface area (Å²) in [5.41, 5.74) is 0. The minimum absolute atomic E-state index is 0.563. The van der Waals surface area contributed by atoms with Crippen molar-refractivity contribution in [1.29, 1.82) is 0 Å². The van der Waals surface area contributed by atoms with Gasteiger partial charge in [0.2, 0.25) is 0 Å². The van der Waals surface area contributed by atoms with E-state index < -0.39 is 0 Å².